The van der Waals surface area contributed by atoms with Crippen LogP contribution >= 0.6 is 0 Å². The van der Waals surface area contributed by atoms with Gasteiger partial charge in [0.05, 0.1) is 0 Å². The van der Waals surface area contributed by atoms with E-state index in [1.54, 1.807) is 0 Å². The van der Waals surface area contributed by atoms with E-state index in [1.807, 2.05) is 0 Å². The van der Waals surface area contributed by atoms with Gasteiger partial charge in [-0.3, -0.25) is 0 Å². The van der Waals surface area contributed by atoms with E-state index >= 15 is 0 Å². The molecule has 0 amide bonds. The molecule has 2 rings (SSSR count). The Balaban J connectivity index is 1.94. The maximum absolute atomic E-state index is 4.36. The van der Waals surface area contributed by atoms with Crippen molar-refractivity contribution in [2.24, 2.45) is 0 Å². The second-order valence-electron chi connectivity index (χ2n) is 7.01. The maximum atomic E-state index is 4.36. The van der Waals surface area contributed by atoms with Gasteiger partial charge < -0.3 is 14.7 Å². The zero-order valence-electron chi connectivity index (χ0n) is 17.3. The number of piperazine rings is 1. The molecular formula is C24H35N3. The summed E-state index contributed by atoms with van der Waals surface area (Å²) in [5, 5.41) is 0. The number of rotatable bonds is 7. The van der Waals surface area contributed by atoms with Crippen LogP contribution in [0.1, 0.15) is 33.1 Å². The largest absolute Gasteiger partial charge is 0.371 e. The fraction of sp³-hybridized carbons (Fsp3) is 0.417. The Kier molecular flexibility index (Phi) is 8.25. The lowest BCUT2D eigenvalue weighted by Gasteiger charge is -2.41. The fourth-order valence-corrected chi connectivity index (χ4v) is 3.27. The molecular weight excluding hydrogens is 330 g/mol. The van der Waals surface area contributed by atoms with Crippen LogP contribution in [0.2, 0.25) is 0 Å². The second kappa shape index (κ2) is 10.7. The molecule has 0 N–H and O–H groups in total. The highest BCUT2D eigenvalue weighted by Gasteiger charge is 2.21. The van der Waals surface area contributed by atoms with Gasteiger partial charge in [0.15, 0.2) is 0 Å². The molecule has 1 heterocycles. The third-order valence-corrected chi connectivity index (χ3v) is 5.26. The molecule has 0 aromatic carbocycles. The van der Waals surface area contributed by atoms with Gasteiger partial charge in [0, 0.05) is 51.0 Å². The minimum Gasteiger partial charge on any atom is -0.371 e. The average Bonchev–Trinajstić information content (AvgIpc) is 2.67. The lowest BCUT2D eigenvalue weighted by molar-refractivity contribution is 0.162. The van der Waals surface area contributed by atoms with Gasteiger partial charge in [-0.2, -0.15) is 0 Å². The van der Waals surface area contributed by atoms with Gasteiger partial charge in [0.2, 0.25) is 0 Å². The second-order valence-corrected chi connectivity index (χ2v) is 7.01. The van der Waals surface area contributed by atoms with Gasteiger partial charge in [-0.15, -0.1) is 0 Å². The molecule has 3 heteroatoms. The van der Waals surface area contributed by atoms with Crippen LogP contribution in [-0.4, -0.2) is 47.9 Å². The Labute approximate surface area is 166 Å². The summed E-state index contributed by atoms with van der Waals surface area (Å²) in [4.78, 5) is 7.07. The summed E-state index contributed by atoms with van der Waals surface area (Å²) in [6.45, 7) is 16.7. The molecule has 27 heavy (non-hydrogen) atoms. The molecule has 0 unspecified atom stereocenters. The Morgan fingerprint density at radius 1 is 1.11 bits per heavy atom. The standard InChI is InChI=1S/C24H35N3/c1-6-21(3)15-16-23(7-2)25(5)22(4)26-17-19-27(20-18-26)24-13-11-9-8-10-12-14-24/h7,9-13,15-16H,3-4,6,8,14,17-20H2,1-2,5H3/b11-9?,12-10-,16-15-,23-7+,24-13+. The predicted octanol–water partition coefficient (Wildman–Crippen LogP) is 5.22. The van der Waals surface area contributed by atoms with Crippen molar-refractivity contribution in [3.8, 4) is 0 Å². The summed E-state index contributed by atoms with van der Waals surface area (Å²) >= 11 is 0. The van der Waals surface area contributed by atoms with Crippen molar-refractivity contribution >= 4 is 0 Å². The predicted molar refractivity (Wildman–Crippen MR) is 118 cm³/mol. The number of hydrogen-bond acceptors (Lipinski definition) is 3. The molecule has 0 atom stereocenters. The Bertz CT molecular complexity index is 668. The highest BCUT2D eigenvalue weighted by atomic mass is 15.4. The van der Waals surface area contributed by atoms with Gasteiger partial charge in [-0.05, 0) is 31.9 Å². The first-order valence-corrected chi connectivity index (χ1v) is 10.0. The molecule has 0 aromatic heterocycles. The van der Waals surface area contributed by atoms with Gasteiger partial charge >= 0.3 is 0 Å². The van der Waals surface area contributed by atoms with Crippen molar-refractivity contribution in [3.63, 3.8) is 0 Å². The summed E-state index contributed by atoms with van der Waals surface area (Å²) in [6, 6.07) is 0. The lowest BCUT2D eigenvalue weighted by atomic mass is 10.1. The van der Waals surface area contributed by atoms with Gasteiger partial charge in [0.25, 0.3) is 0 Å². The molecule has 146 valence electrons. The number of likely N-dealkylation sites (N-methyl/N-ethyl adjacent to an activating group) is 1. The van der Waals surface area contributed by atoms with E-state index in [1.165, 1.54) is 5.70 Å². The highest BCUT2D eigenvalue weighted by molar-refractivity contribution is 5.27. The van der Waals surface area contributed by atoms with Crippen LogP contribution in [0.4, 0.5) is 0 Å². The van der Waals surface area contributed by atoms with E-state index in [0.29, 0.717) is 0 Å². The number of allylic oxidation sites excluding steroid dienone is 9. The van der Waals surface area contributed by atoms with Gasteiger partial charge in [-0.25, -0.2) is 0 Å². The van der Waals surface area contributed by atoms with Gasteiger partial charge in [0.1, 0.15) is 5.82 Å². The zero-order chi connectivity index (χ0) is 19.6. The minimum atomic E-state index is 0.973. The van der Waals surface area contributed by atoms with E-state index in [9.17, 15) is 0 Å². The van der Waals surface area contributed by atoms with E-state index < -0.39 is 0 Å². The van der Waals surface area contributed by atoms with E-state index in [2.05, 4.69) is 97.4 Å². The number of hydrogen-bond donors (Lipinski definition) is 0. The third kappa shape index (κ3) is 6.06. The molecule has 0 spiro atoms. The topological polar surface area (TPSA) is 9.72 Å². The molecule has 0 saturated carbocycles. The zero-order valence-corrected chi connectivity index (χ0v) is 17.3. The van der Waals surface area contributed by atoms with Crippen molar-refractivity contribution in [2.45, 2.75) is 33.1 Å². The molecule has 3 nitrogen and oxygen atoms in total. The van der Waals surface area contributed by atoms with E-state index in [-0.39, 0.29) is 0 Å². The summed E-state index contributed by atoms with van der Waals surface area (Å²) in [5.41, 5.74) is 3.70. The molecule has 0 radical (unpaired) electrons. The monoisotopic (exact) mass is 365 g/mol. The first kappa shape index (κ1) is 20.9. The van der Waals surface area contributed by atoms with Crippen LogP contribution < -0.4 is 0 Å². The first-order chi connectivity index (χ1) is 13.1. The van der Waals surface area contributed by atoms with Crippen LogP contribution in [0.15, 0.2) is 84.6 Å². The summed E-state index contributed by atoms with van der Waals surface area (Å²) in [5.74, 6) is 1.06. The third-order valence-electron chi connectivity index (χ3n) is 5.26. The van der Waals surface area contributed by atoms with Crippen molar-refractivity contribution < 1.29 is 0 Å². The van der Waals surface area contributed by atoms with Crippen molar-refractivity contribution in [1.82, 2.24) is 14.7 Å². The molecule has 1 aliphatic carbocycles. The van der Waals surface area contributed by atoms with Gasteiger partial charge in [-0.1, -0.05) is 62.1 Å². The SMILES string of the molecule is C=C(/C=C\C(=C/C)N(C)C(=C)N1CCN(/C2=C/C=CC/C=C\C2)CC1)CC. The molecule has 0 aromatic rings. The van der Waals surface area contributed by atoms with Crippen molar-refractivity contribution in [3.05, 3.63) is 84.6 Å². The van der Waals surface area contributed by atoms with Crippen LogP contribution in [0.5, 0.6) is 0 Å². The highest BCUT2D eigenvalue weighted by Crippen LogP contribution is 2.20. The normalized spacial score (nSPS) is 21.4. The first-order valence-electron chi connectivity index (χ1n) is 10.0. The smallest absolute Gasteiger partial charge is 0.101 e. The molecule has 1 saturated heterocycles. The Hall–Kier alpha value is -2.42. The fourth-order valence-electron chi connectivity index (χ4n) is 3.27. The quantitative estimate of drug-likeness (QED) is 0.452. The molecule has 2 aliphatic rings. The molecule has 0 bridgehead atoms. The molecule has 1 aliphatic heterocycles. The average molecular weight is 366 g/mol. The van der Waals surface area contributed by atoms with Crippen LogP contribution in [0.25, 0.3) is 0 Å². The summed E-state index contributed by atoms with van der Waals surface area (Å²) in [6.07, 6.45) is 20.6. The molecule has 1 fully saturated rings. The van der Waals surface area contributed by atoms with Crippen LogP contribution in [0.3, 0.4) is 0 Å². The lowest BCUT2D eigenvalue weighted by Crippen LogP contribution is -2.47. The maximum Gasteiger partial charge on any atom is 0.101 e. The van der Waals surface area contributed by atoms with Crippen LogP contribution in [-0.2, 0) is 0 Å². The Morgan fingerprint density at radius 3 is 2.52 bits per heavy atom. The van der Waals surface area contributed by atoms with E-state index in [0.717, 1.165) is 62.5 Å². The van der Waals surface area contributed by atoms with Crippen LogP contribution in [0, 0.1) is 0 Å². The van der Waals surface area contributed by atoms with E-state index in [4.69, 9.17) is 0 Å². The Morgan fingerprint density at radius 2 is 1.85 bits per heavy atom. The number of nitrogens with zero attached hydrogens (tertiary/aromatic N) is 3. The van der Waals surface area contributed by atoms with Crippen molar-refractivity contribution in [1.29, 1.82) is 0 Å². The summed E-state index contributed by atoms with van der Waals surface area (Å²) in [7, 11) is 2.09. The summed E-state index contributed by atoms with van der Waals surface area (Å²) < 4.78 is 0. The minimum absolute atomic E-state index is 0.973. The van der Waals surface area contributed by atoms with Crippen molar-refractivity contribution in [2.75, 3.05) is 33.2 Å².